The summed E-state index contributed by atoms with van der Waals surface area (Å²) in [6.45, 7) is 2.41. The molecule has 0 bridgehead atoms. The van der Waals surface area contributed by atoms with E-state index in [1.54, 1.807) is 14.2 Å². The molecule has 28 heavy (non-hydrogen) atoms. The van der Waals surface area contributed by atoms with E-state index in [2.05, 4.69) is 41.7 Å². The molecule has 146 valence electrons. The summed E-state index contributed by atoms with van der Waals surface area (Å²) in [4.78, 5) is 0. The van der Waals surface area contributed by atoms with E-state index < -0.39 is 0 Å². The number of benzene rings is 3. The molecule has 4 heteroatoms. The molecule has 0 aromatic heterocycles. The van der Waals surface area contributed by atoms with E-state index in [0.717, 1.165) is 42.3 Å². The van der Waals surface area contributed by atoms with Crippen molar-refractivity contribution in [3.8, 4) is 17.2 Å². The van der Waals surface area contributed by atoms with Gasteiger partial charge in [0.05, 0.1) is 20.8 Å². The van der Waals surface area contributed by atoms with Gasteiger partial charge in [-0.2, -0.15) is 0 Å². The van der Waals surface area contributed by atoms with Gasteiger partial charge in [-0.15, -0.1) is 0 Å². The van der Waals surface area contributed by atoms with E-state index in [-0.39, 0.29) is 0 Å². The van der Waals surface area contributed by atoms with Crippen molar-refractivity contribution in [3.05, 3.63) is 89.5 Å². The first-order chi connectivity index (χ1) is 13.8. The van der Waals surface area contributed by atoms with E-state index in [9.17, 15) is 0 Å². The molecular formula is C24H28NO3+. The van der Waals surface area contributed by atoms with Crippen molar-refractivity contribution in [2.24, 2.45) is 0 Å². The highest BCUT2D eigenvalue weighted by Crippen LogP contribution is 2.28. The maximum Gasteiger partial charge on any atom is 0.162 e. The Morgan fingerprint density at radius 3 is 2.25 bits per heavy atom. The van der Waals surface area contributed by atoms with Crippen LogP contribution in [0.1, 0.15) is 16.7 Å². The number of para-hydroxylation sites is 1. The Balaban J connectivity index is 1.55. The second-order valence-corrected chi connectivity index (χ2v) is 6.60. The Kier molecular flexibility index (Phi) is 7.33. The molecule has 0 aliphatic heterocycles. The molecule has 3 rings (SSSR count). The van der Waals surface area contributed by atoms with Crippen LogP contribution in [-0.2, 0) is 19.6 Å². The van der Waals surface area contributed by atoms with Gasteiger partial charge in [0.2, 0.25) is 0 Å². The summed E-state index contributed by atoms with van der Waals surface area (Å²) in [6.07, 6.45) is 0.970. The first kappa shape index (κ1) is 19.8. The summed E-state index contributed by atoms with van der Waals surface area (Å²) in [7, 11) is 3.39. The van der Waals surface area contributed by atoms with E-state index in [1.807, 2.05) is 36.4 Å². The number of hydrogen-bond acceptors (Lipinski definition) is 3. The first-order valence-corrected chi connectivity index (χ1v) is 9.57. The van der Waals surface area contributed by atoms with Crippen molar-refractivity contribution in [3.63, 3.8) is 0 Å². The standard InChI is InChI=1S/C24H27NO3/c1-26-22-11-7-6-10-21(22)14-15-25-17-20-12-13-23(27-2)24(16-20)28-18-19-8-4-3-5-9-19/h3-13,16,25H,14-15,17-18H2,1-2H3/p+1. The number of nitrogens with two attached hydrogens (primary N) is 1. The molecule has 0 fully saturated rings. The molecule has 0 radical (unpaired) electrons. The van der Waals surface area contributed by atoms with Crippen LogP contribution in [-0.4, -0.2) is 20.8 Å². The monoisotopic (exact) mass is 378 g/mol. The molecule has 0 unspecified atom stereocenters. The molecule has 3 aromatic carbocycles. The van der Waals surface area contributed by atoms with Gasteiger partial charge >= 0.3 is 0 Å². The minimum Gasteiger partial charge on any atom is -0.496 e. The van der Waals surface area contributed by atoms with Crippen molar-refractivity contribution in [2.75, 3.05) is 20.8 Å². The van der Waals surface area contributed by atoms with Crippen molar-refractivity contribution in [1.82, 2.24) is 0 Å². The van der Waals surface area contributed by atoms with Crippen LogP contribution in [0.15, 0.2) is 72.8 Å². The van der Waals surface area contributed by atoms with Gasteiger partial charge in [-0.3, -0.25) is 0 Å². The van der Waals surface area contributed by atoms with E-state index in [4.69, 9.17) is 14.2 Å². The van der Waals surface area contributed by atoms with Gasteiger partial charge in [0.1, 0.15) is 18.9 Å². The third-order valence-corrected chi connectivity index (χ3v) is 4.66. The average molecular weight is 378 g/mol. The molecule has 0 aliphatic carbocycles. The first-order valence-electron chi connectivity index (χ1n) is 9.57. The molecular weight excluding hydrogens is 350 g/mol. The van der Waals surface area contributed by atoms with Crippen molar-refractivity contribution < 1.29 is 19.5 Å². The molecule has 0 spiro atoms. The van der Waals surface area contributed by atoms with Gasteiger partial charge in [0, 0.05) is 12.0 Å². The van der Waals surface area contributed by atoms with Crippen LogP contribution < -0.4 is 19.5 Å². The predicted molar refractivity (Wildman–Crippen MR) is 111 cm³/mol. The van der Waals surface area contributed by atoms with Gasteiger partial charge in [0.25, 0.3) is 0 Å². The summed E-state index contributed by atoms with van der Waals surface area (Å²) in [5.41, 5.74) is 3.59. The lowest BCUT2D eigenvalue weighted by Gasteiger charge is -2.12. The lowest BCUT2D eigenvalue weighted by atomic mass is 10.1. The van der Waals surface area contributed by atoms with Crippen LogP contribution in [0, 0.1) is 0 Å². The summed E-state index contributed by atoms with van der Waals surface area (Å²) in [5, 5.41) is 2.30. The molecule has 4 nitrogen and oxygen atoms in total. The van der Waals surface area contributed by atoms with Crippen molar-refractivity contribution in [2.45, 2.75) is 19.6 Å². The third kappa shape index (κ3) is 5.51. The Bertz CT molecular complexity index is 865. The highest BCUT2D eigenvalue weighted by atomic mass is 16.5. The Morgan fingerprint density at radius 1 is 0.714 bits per heavy atom. The summed E-state index contributed by atoms with van der Waals surface area (Å²) in [6, 6.07) is 24.5. The van der Waals surface area contributed by atoms with Crippen LogP contribution in [0.5, 0.6) is 17.2 Å². The van der Waals surface area contributed by atoms with Gasteiger partial charge in [-0.1, -0.05) is 48.5 Å². The Morgan fingerprint density at radius 2 is 1.46 bits per heavy atom. The van der Waals surface area contributed by atoms with Crippen molar-refractivity contribution >= 4 is 0 Å². The molecule has 0 aliphatic rings. The predicted octanol–water partition coefficient (Wildman–Crippen LogP) is 3.59. The minimum atomic E-state index is 0.526. The number of hydrogen-bond donors (Lipinski definition) is 1. The number of methoxy groups -OCH3 is 2. The summed E-state index contributed by atoms with van der Waals surface area (Å²) < 4.78 is 16.9. The normalized spacial score (nSPS) is 10.5. The average Bonchev–Trinajstić information content (AvgIpc) is 2.76. The van der Waals surface area contributed by atoms with Gasteiger partial charge in [0.15, 0.2) is 11.5 Å². The van der Waals surface area contributed by atoms with Crippen LogP contribution >= 0.6 is 0 Å². The Labute approximate surface area is 167 Å². The topological polar surface area (TPSA) is 44.3 Å². The molecule has 0 amide bonds. The zero-order valence-electron chi connectivity index (χ0n) is 16.6. The lowest BCUT2D eigenvalue weighted by molar-refractivity contribution is -0.670. The molecule has 3 aromatic rings. The van der Waals surface area contributed by atoms with Crippen molar-refractivity contribution in [1.29, 1.82) is 0 Å². The van der Waals surface area contributed by atoms with E-state index in [1.165, 1.54) is 11.1 Å². The number of rotatable bonds is 10. The maximum absolute atomic E-state index is 6.01. The number of quaternary nitrogens is 1. The van der Waals surface area contributed by atoms with Crippen LogP contribution in [0.3, 0.4) is 0 Å². The molecule has 0 saturated carbocycles. The highest BCUT2D eigenvalue weighted by molar-refractivity contribution is 5.43. The quantitative estimate of drug-likeness (QED) is 0.549. The Hall–Kier alpha value is -2.98. The lowest BCUT2D eigenvalue weighted by Crippen LogP contribution is -2.83. The fourth-order valence-electron chi connectivity index (χ4n) is 3.13. The van der Waals surface area contributed by atoms with E-state index >= 15 is 0 Å². The zero-order chi connectivity index (χ0) is 19.6. The van der Waals surface area contributed by atoms with Crippen LogP contribution in [0.25, 0.3) is 0 Å². The highest BCUT2D eigenvalue weighted by Gasteiger charge is 2.08. The molecule has 0 heterocycles. The summed E-state index contributed by atoms with van der Waals surface area (Å²) >= 11 is 0. The van der Waals surface area contributed by atoms with Gasteiger partial charge < -0.3 is 19.5 Å². The minimum absolute atomic E-state index is 0.526. The van der Waals surface area contributed by atoms with Crippen LogP contribution in [0.2, 0.25) is 0 Å². The largest absolute Gasteiger partial charge is 0.496 e. The van der Waals surface area contributed by atoms with Gasteiger partial charge in [-0.05, 0) is 35.4 Å². The van der Waals surface area contributed by atoms with Crippen LogP contribution in [0.4, 0.5) is 0 Å². The fourth-order valence-corrected chi connectivity index (χ4v) is 3.13. The summed E-state index contributed by atoms with van der Waals surface area (Å²) in [5.74, 6) is 2.49. The second kappa shape index (κ2) is 10.4. The van der Waals surface area contributed by atoms with Gasteiger partial charge in [-0.25, -0.2) is 0 Å². The smallest absolute Gasteiger partial charge is 0.162 e. The molecule has 0 saturated heterocycles. The maximum atomic E-state index is 6.01. The zero-order valence-corrected chi connectivity index (χ0v) is 16.6. The SMILES string of the molecule is COc1ccccc1CC[NH2+]Cc1ccc(OC)c(OCc2ccccc2)c1. The second-order valence-electron chi connectivity index (χ2n) is 6.60. The fraction of sp³-hybridized carbons (Fsp3) is 0.250. The molecule has 2 N–H and O–H groups in total. The number of ether oxygens (including phenoxy) is 3. The third-order valence-electron chi connectivity index (χ3n) is 4.66. The van der Waals surface area contributed by atoms with E-state index in [0.29, 0.717) is 6.61 Å². The molecule has 0 atom stereocenters.